The third-order valence-corrected chi connectivity index (χ3v) is 4.63. The molecule has 0 aromatic carbocycles. The van der Waals surface area contributed by atoms with Crippen molar-refractivity contribution in [3.05, 3.63) is 30.1 Å². The fraction of sp³-hybridized carbons (Fsp3) is 0.600. The third-order valence-electron chi connectivity index (χ3n) is 4.63. The summed E-state index contributed by atoms with van der Waals surface area (Å²) < 4.78 is 5.80. The molecule has 4 heteroatoms. The largest absolute Gasteiger partial charge is 0.362 e. The molecule has 0 saturated carbocycles. The summed E-state index contributed by atoms with van der Waals surface area (Å²) in [5, 5.41) is 8.64. The zero-order valence-corrected chi connectivity index (χ0v) is 14.8. The molecule has 0 radical (unpaired) electrons. The second-order valence-corrected chi connectivity index (χ2v) is 6.41. The Bertz CT molecular complexity index is 599. The molecule has 2 heterocycles. The van der Waals surface area contributed by atoms with Gasteiger partial charge in [0.2, 0.25) is 0 Å². The first-order valence-electron chi connectivity index (χ1n) is 8.83. The maximum Gasteiger partial charge on any atom is 0.125 e. The number of aromatic nitrogens is 1. The molecule has 1 saturated heterocycles. The van der Waals surface area contributed by atoms with E-state index in [1.807, 2.05) is 25.4 Å². The number of ether oxygens (including phenoxy) is 1. The second-order valence-electron chi connectivity index (χ2n) is 6.41. The van der Waals surface area contributed by atoms with Crippen molar-refractivity contribution in [3.63, 3.8) is 0 Å². The Morgan fingerprint density at radius 3 is 3.04 bits per heavy atom. The van der Waals surface area contributed by atoms with Crippen LogP contribution in [0.4, 0.5) is 0 Å². The monoisotopic (exact) mass is 325 g/mol. The maximum absolute atomic E-state index is 8.64. The third kappa shape index (κ3) is 5.34. The molecule has 1 aliphatic rings. The first-order chi connectivity index (χ1) is 11.7. The van der Waals surface area contributed by atoms with E-state index in [1.165, 1.54) is 18.4 Å². The van der Waals surface area contributed by atoms with Crippen LogP contribution in [0.2, 0.25) is 0 Å². The van der Waals surface area contributed by atoms with Gasteiger partial charge in [-0.2, -0.15) is 5.26 Å². The van der Waals surface area contributed by atoms with Gasteiger partial charge in [0, 0.05) is 18.4 Å². The highest BCUT2D eigenvalue weighted by atomic mass is 16.5. The molecule has 0 spiro atoms. The summed E-state index contributed by atoms with van der Waals surface area (Å²) in [7, 11) is 0. The summed E-state index contributed by atoms with van der Waals surface area (Å²) in [5.41, 5.74) is 0.818. The highest BCUT2D eigenvalue weighted by molar-refractivity contribution is 5.18. The summed E-state index contributed by atoms with van der Waals surface area (Å²) in [6, 6.07) is 6.68. The maximum atomic E-state index is 8.64. The van der Waals surface area contributed by atoms with Crippen molar-refractivity contribution < 1.29 is 4.74 Å². The van der Waals surface area contributed by atoms with Crippen LogP contribution in [0.25, 0.3) is 0 Å². The van der Waals surface area contributed by atoms with E-state index < -0.39 is 5.60 Å². The van der Waals surface area contributed by atoms with Crippen LogP contribution in [0.3, 0.4) is 0 Å². The number of hydrogen-bond donors (Lipinski definition) is 0. The van der Waals surface area contributed by atoms with Crippen molar-refractivity contribution in [2.75, 3.05) is 19.7 Å². The number of nitrogens with zero attached hydrogens (tertiary/aromatic N) is 3. The molecule has 0 aliphatic carbocycles. The lowest BCUT2D eigenvalue weighted by Gasteiger charge is -2.34. The van der Waals surface area contributed by atoms with E-state index in [9.17, 15) is 0 Å². The van der Waals surface area contributed by atoms with Crippen LogP contribution in [0.15, 0.2) is 24.5 Å². The van der Waals surface area contributed by atoms with Crippen molar-refractivity contribution in [1.29, 1.82) is 5.26 Å². The number of hydrogen-bond acceptors (Lipinski definition) is 4. The van der Waals surface area contributed by atoms with E-state index in [2.05, 4.69) is 40.8 Å². The predicted molar refractivity (Wildman–Crippen MR) is 95.1 cm³/mol. The highest BCUT2D eigenvalue weighted by Gasteiger charge is 2.24. The lowest BCUT2D eigenvalue weighted by Crippen LogP contribution is -2.34. The van der Waals surface area contributed by atoms with Gasteiger partial charge in [-0.1, -0.05) is 31.3 Å². The van der Waals surface area contributed by atoms with E-state index in [4.69, 9.17) is 10.00 Å². The van der Waals surface area contributed by atoms with Gasteiger partial charge in [0.15, 0.2) is 0 Å². The summed E-state index contributed by atoms with van der Waals surface area (Å²) >= 11 is 0. The average molecular weight is 325 g/mol. The van der Waals surface area contributed by atoms with Crippen molar-refractivity contribution >= 4 is 0 Å². The predicted octanol–water partition coefficient (Wildman–Crippen LogP) is 3.71. The fourth-order valence-electron chi connectivity index (χ4n) is 3.01. The minimum Gasteiger partial charge on any atom is -0.362 e. The Morgan fingerprint density at radius 2 is 2.33 bits per heavy atom. The summed E-state index contributed by atoms with van der Waals surface area (Å²) in [6.45, 7) is 6.34. The summed E-state index contributed by atoms with van der Waals surface area (Å²) in [5.74, 6) is 6.61. The highest BCUT2D eigenvalue weighted by Crippen LogP contribution is 2.29. The van der Waals surface area contributed by atoms with Gasteiger partial charge in [-0.3, -0.25) is 9.88 Å². The molecule has 1 aromatic heterocycles. The average Bonchev–Trinajstić information content (AvgIpc) is 2.63. The summed E-state index contributed by atoms with van der Waals surface area (Å²) in [6.07, 6.45) is 8.66. The van der Waals surface area contributed by atoms with Gasteiger partial charge in [0.1, 0.15) is 5.60 Å². The molecule has 0 bridgehead atoms. The van der Waals surface area contributed by atoms with E-state index in [1.54, 1.807) is 0 Å². The molecule has 1 aromatic rings. The van der Waals surface area contributed by atoms with Crippen molar-refractivity contribution in [2.24, 2.45) is 0 Å². The Balaban J connectivity index is 1.99. The number of rotatable bonds is 6. The van der Waals surface area contributed by atoms with Crippen molar-refractivity contribution in [3.8, 4) is 17.9 Å². The number of piperidine rings is 1. The van der Waals surface area contributed by atoms with Crippen molar-refractivity contribution in [1.82, 2.24) is 9.88 Å². The molecule has 1 aliphatic heterocycles. The summed E-state index contributed by atoms with van der Waals surface area (Å²) in [4.78, 5) is 6.70. The molecule has 2 atom stereocenters. The SMILES string of the molecule is CC[C@](C)(C#CCN1CCCC[C@@H]1c1cccnc1)OCCC#N. The van der Waals surface area contributed by atoms with E-state index in [0.717, 1.165) is 25.9 Å². The van der Waals surface area contributed by atoms with Gasteiger partial charge in [-0.25, -0.2) is 0 Å². The quantitative estimate of drug-likeness (QED) is 0.591. The molecule has 24 heavy (non-hydrogen) atoms. The lowest BCUT2D eigenvalue weighted by atomic mass is 9.96. The van der Waals surface area contributed by atoms with Crippen LogP contribution >= 0.6 is 0 Å². The molecule has 0 unspecified atom stereocenters. The van der Waals surface area contributed by atoms with Crippen LogP contribution in [-0.4, -0.2) is 35.2 Å². The van der Waals surface area contributed by atoms with Gasteiger partial charge in [0.05, 0.1) is 25.6 Å². The molecule has 0 N–H and O–H groups in total. The first kappa shape index (κ1) is 18.5. The van der Waals surface area contributed by atoms with E-state index in [0.29, 0.717) is 19.1 Å². The molecule has 4 nitrogen and oxygen atoms in total. The second kappa shape index (κ2) is 9.42. The van der Waals surface area contributed by atoms with Crippen LogP contribution < -0.4 is 0 Å². The van der Waals surface area contributed by atoms with Gasteiger partial charge >= 0.3 is 0 Å². The number of likely N-dealkylation sites (tertiary alicyclic amines) is 1. The fourth-order valence-corrected chi connectivity index (χ4v) is 3.01. The standard InChI is InChI=1S/C20H27N3O/c1-3-20(2,24-16-8-12-21)11-7-15-23-14-5-4-10-19(23)18-9-6-13-22-17-18/h6,9,13,17,19H,3-5,8,10,14-16H2,1-2H3/t19-,20-/m1/s1. The zero-order chi connectivity index (χ0) is 17.3. The Kier molecular flexibility index (Phi) is 7.25. The van der Waals surface area contributed by atoms with Gasteiger partial charge in [0.25, 0.3) is 0 Å². The number of nitriles is 1. The Labute approximate surface area is 145 Å². The topological polar surface area (TPSA) is 49.2 Å². The molecular formula is C20H27N3O. The van der Waals surface area contributed by atoms with Gasteiger partial charge in [-0.05, 0) is 44.4 Å². The molecule has 1 fully saturated rings. The molecule has 128 valence electrons. The zero-order valence-electron chi connectivity index (χ0n) is 14.8. The van der Waals surface area contributed by atoms with E-state index in [-0.39, 0.29) is 0 Å². The van der Waals surface area contributed by atoms with E-state index >= 15 is 0 Å². The van der Waals surface area contributed by atoms with Crippen LogP contribution in [-0.2, 0) is 4.74 Å². The molecule has 0 amide bonds. The minimum atomic E-state index is -0.462. The normalized spacial score (nSPS) is 20.5. The van der Waals surface area contributed by atoms with Crippen LogP contribution in [0, 0.1) is 23.2 Å². The van der Waals surface area contributed by atoms with Crippen molar-refractivity contribution in [2.45, 2.75) is 57.6 Å². The Hall–Kier alpha value is -1.88. The minimum absolute atomic E-state index is 0.409. The number of pyridine rings is 1. The van der Waals surface area contributed by atoms with Gasteiger partial charge in [-0.15, -0.1) is 0 Å². The molecule has 2 rings (SSSR count). The van der Waals surface area contributed by atoms with Crippen LogP contribution in [0.5, 0.6) is 0 Å². The molecular weight excluding hydrogens is 298 g/mol. The van der Waals surface area contributed by atoms with Gasteiger partial charge < -0.3 is 4.74 Å². The van der Waals surface area contributed by atoms with Crippen LogP contribution in [0.1, 0.15) is 57.6 Å². The Morgan fingerprint density at radius 1 is 1.46 bits per heavy atom. The first-order valence-corrected chi connectivity index (χ1v) is 8.83. The lowest BCUT2D eigenvalue weighted by molar-refractivity contribution is 0.0136. The smallest absolute Gasteiger partial charge is 0.125 e.